The average Bonchev–Trinajstić information content (AvgIpc) is 2.34. The van der Waals surface area contributed by atoms with Crippen molar-refractivity contribution in [2.45, 2.75) is 26.3 Å². The summed E-state index contributed by atoms with van der Waals surface area (Å²) >= 11 is 1.75. The summed E-state index contributed by atoms with van der Waals surface area (Å²) < 4.78 is 27.1. The van der Waals surface area contributed by atoms with Gasteiger partial charge >= 0.3 is 0 Å². The zero-order valence-electron chi connectivity index (χ0n) is 11.0. The fraction of sp³-hybridized carbons (Fsp3) is 0.462. The van der Waals surface area contributed by atoms with Crippen LogP contribution in [0.25, 0.3) is 0 Å². The third-order valence-electron chi connectivity index (χ3n) is 2.62. The Labute approximate surface area is 115 Å². The lowest BCUT2D eigenvalue weighted by molar-refractivity contribution is 0.0931. The van der Waals surface area contributed by atoms with Gasteiger partial charge < -0.3 is 11.1 Å². The second-order valence-electron chi connectivity index (χ2n) is 4.19. The van der Waals surface area contributed by atoms with E-state index in [1.54, 1.807) is 18.7 Å². The van der Waals surface area contributed by atoms with Crippen LogP contribution in [-0.4, -0.2) is 23.5 Å². The van der Waals surface area contributed by atoms with E-state index in [4.69, 9.17) is 5.73 Å². The summed E-state index contributed by atoms with van der Waals surface area (Å²) in [5.74, 6) is -0.790. The molecular formula is C13H18F2N2OS. The number of hydrogen-bond acceptors (Lipinski definition) is 3. The van der Waals surface area contributed by atoms with Crippen molar-refractivity contribution < 1.29 is 13.6 Å². The Bertz CT molecular complexity index is 455. The summed E-state index contributed by atoms with van der Waals surface area (Å²) in [6.45, 7) is 3.85. The number of nitrogens with one attached hydrogen (secondary N) is 1. The Balaban J connectivity index is 2.71. The SMILES string of the molecule is CCSCCC(C)NC(=O)c1c(F)ccc(N)c1F. The minimum absolute atomic E-state index is 0.146. The summed E-state index contributed by atoms with van der Waals surface area (Å²) in [7, 11) is 0. The first kappa shape index (κ1) is 15.8. The minimum atomic E-state index is -1.01. The molecule has 1 unspecified atom stereocenters. The molecule has 0 aromatic heterocycles. The molecule has 0 radical (unpaired) electrons. The van der Waals surface area contributed by atoms with Crippen LogP contribution in [0.5, 0.6) is 0 Å². The molecule has 0 aliphatic carbocycles. The molecule has 1 atom stereocenters. The van der Waals surface area contributed by atoms with E-state index < -0.39 is 23.1 Å². The quantitative estimate of drug-likeness (QED) is 0.625. The second kappa shape index (κ2) is 7.33. The van der Waals surface area contributed by atoms with Crippen molar-refractivity contribution in [1.82, 2.24) is 5.32 Å². The highest BCUT2D eigenvalue weighted by molar-refractivity contribution is 7.99. The first-order chi connectivity index (χ1) is 8.97. The number of benzene rings is 1. The maximum Gasteiger partial charge on any atom is 0.257 e. The van der Waals surface area contributed by atoms with Crippen LogP contribution in [0, 0.1) is 11.6 Å². The van der Waals surface area contributed by atoms with Gasteiger partial charge in [-0.25, -0.2) is 8.78 Å². The fourth-order valence-corrected chi connectivity index (χ4v) is 2.36. The average molecular weight is 288 g/mol. The highest BCUT2D eigenvalue weighted by Crippen LogP contribution is 2.18. The van der Waals surface area contributed by atoms with Crippen LogP contribution in [0.15, 0.2) is 12.1 Å². The van der Waals surface area contributed by atoms with Gasteiger partial charge in [0.05, 0.1) is 5.69 Å². The van der Waals surface area contributed by atoms with Gasteiger partial charge in [0.1, 0.15) is 11.4 Å². The smallest absolute Gasteiger partial charge is 0.257 e. The number of amides is 1. The van der Waals surface area contributed by atoms with Gasteiger partial charge in [0.15, 0.2) is 5.82 Å². The molecule has 1 aromatic carbocycles. The molecular weight excluding hydrogens is 270 g/mol. The zero-order chi connectivity index (χ0) is 14.4. The fourth-order valence-electron chi connectivity index (χ4n) is 1.55. The van der Waals surface area contributed by atoms with Crippen LogP contribution >= 0.6 is 11.8 Å². The summed E-state index contributed by atoms with van der Waals surface area (Å²) in [6, 6.07) is 1.94. The Morgan fingerprint density at radius 3 is 2.79 bits per heavy atom. The van der Waals surface area contributed by atoms with E-state index in [1.807, 2.05) is 6.92 Å². The Kier molecular flexibility index (Phi) is 6.08. The standard InChI is InChI=1S/C13H18F2N2OS/c1-3-19-7-6-8(2)17-13(18)11-9(14)4-5-10(16)12(11)15/h4-5,8H,3,6-7,16H2,1-2H3,(H,17,18). The maximum absolute atomic E-state index is 13.6. The molecule has 0 saturated carbocycles. The molecule has 0 aliphatic rings. The number of anilines is 1. The number of rotatable bonds is 6. The number of hydrogen-bond donors (Lipinski definition) is 2. The van der Waals surface area contributed by atoms with Crippen molar-refractivity contribution in [2.24, 2.45) is 0 Å². The van der Waals surface area contributed by atoms with Gasteiger partial charge in [0.2, 0.25) is 0 Å². The maximum atomic E-state index is 13.6. The van der Waals surface area contributed by atoms with E-state index >= 15 is 0 Å². The van der Waals surface area contributed by atoms with Crippen molar-refractivity contribution in [3.63, 3.8) is 0 Å². The van der Waals surface area contributed by atoms with Crippen LogP contribution in [0.1, 0.15) is 30.6 Å². The van der Waals surface area contributed by atoms with Gasteiger partial charge in [-0.3, -0.25) is 4.79 Å². The largest absolute Gasteiger partial charge is 0.396 e. The van der Waals surface area contributed by atoms with E-state index in [-0.39, 0.29) is 11.7 Å². The normalized spacial score (nSPS) is 12.2. The summed E-state index contributed by atoms with van der Waals surface area (Å²) in [5.41, 5.74) is 4.48. The lowest BCUT2D eigenvalue weighted by atomic mass is 10.1. The molecule has 0 bridgehead atoms. The van der Waals surface area contributed by atoms with Gasteiger partial charge in [-0.1, -0.05) is 6.92 Å². The molecule has 0 heterocycles. The number of carbonyl (C=O) groups excluding carboxylic acids is 1. The van der Waals surface area contributed by atoms with E-state index in [1.165, 1.54) is 0 Å². The molecule has 3 N–H and O–H groups in total. The Morgan fingerprint density at radius 1 is 1.47 bits per heavy atom. The first-order valence-corrected chi connectivity index (χ1v) is 7.24. The summed E-state index contributed by atoms with van der Waals surface area (Å²) in [4.78, 5) is 11.8. The molecule has 1 amide bonds. The Morgan fingerprint density at radius 2 is 2.16 bits per heavy atom. The second-order valence-corrected chi connectivity index (χ2v) is 5.58. The number of nitrogens with two attached hydrogens (primary N) is 1. The van der Waals surface area contributed by atoms with Crippen molar-refractivity contribution >= 4 is 23.4 Å². The molecule has 6 heteroatoms. The monoisotopic (exact) mass is 288 g/mol. The predicted octanol–water partition coefficient (Wildman–Crippen LogP) is 2.81. The molecule has 106 valence electrons. The predicted molar refractivity (Wildman–Crippen MR) is 75.3 cm³/mol. The zero-order valence-corrected chi connectivity index (χ0v) is 11.8. The molecule has 0 saturated heterocycles. The molecule has 0 spiro atoms. The van der Waals surface area contributed by atoms with Crippen LogP contribution in [0.4, 0.5) is 14.5 Å². The van der Waals surface area contributed by atoms with Gasteiger partial charge in [0, 0.05) is 6.04 Å². The molecule has 1 aromatic rings. The highest BCUT2D eigenvalue weighted by atomic mass is 32.2. The van der Waals surface area contributed by atoms with Crippen LogP contribution in [0.3, 0.4) is 0 Å². The molecule has 1 rings (SSSR count). The van der Waals surface area contributed by atoms with Crippen molar-refractivity contribution in [3.05, 3.63) is 29.3 Å². The van der Waals surface area contributed by atoms with Gasteiger partial charge in [-0.2, -0.15) is 11.8 Å². The number of thioether (sulfide) groups is 1. The first-order valence-electron chi connectivity index (χ1n) is 6.09. The third-order valence-corrected chi connectivity index (χ3v) is 3.56. The lowest BCUT2D eigenvalue weighted by Crippen LogP contribution is -2.34. The topological polar surface area (TPSA) is 55.1 Å². The van der Waals surface area contributed by atoms with Crippen LogP contribution in [0.2, 0.25) is 0 Å². The van der Waals surface area contributed by atoms with E-state index in [0.29, 0.717) is 0 Å². The number of nitrogen functional groups attached to an aromatic ring is 1. The molecule has 3 nitrogen and oxygen atoms in total. The van der Waals surface area contributed by atoms with Gasteiger partial charge in [0.25, 0.3) is 5.91 Å². The lowest BCUT2D eigenvalue weighted by Gasteiger charge is -2.14. The highest BCUT2D eigenvalue weighted by Gasteiger charge is 2.20. The van der Waals surface area contributed by atoms with Crippen molar-refractivity contribution in [1.29, 1.82) is 0 Å². The van der Waals surface area contributed by atoms with E-state index in [0.717, 1.165) is 30.1 Å². The molecule has 0 fully saturated rings. The Hall–Kier alpha value is -1.30. The minimum Gasteiger partial charge on any atom is -0.396 e. The number of carbonyl (C=O) groups is 1. The summed E-state index contributed by atoms with van der Waals surface area (Å²) in [6.07, 6.45) is 0.746. The van der Waals surface area contributed by atoms with Gasteiger partial charge in [-0.15, -0.1) is 0 Å². The summed E-state index contributed by atoms with van der Waals surface area (Å²) in [5, 5.41) is 2.58. The third kappa shape index (κ3) is 4.38. The van der Waals surface area contributed by atoms with Gasteiger partial charge in [-0.05, 0) is 37.0 Å². The molecule has 19 heavy (non-hydrogen) atoms. The van der Waals surface area contributed by atoms with Crippen molar-refractivity contribution in [3.8, 4) is 0 Å². The van der Waals surface area contributed by atoms with E-state index in [2.05, 4.69) is 5.32 Å². The van der Waals surface area contributed by atoms with Crippen LogP contribution in [-0.2, 0) is 0 Å². The molecule has 0 aliphatic heterocycles. The van der Waals surface area contributed by atoms with Crippen molar-refractivity contribution in [2.75, 3.05) is 17.2 Å². The van der Waals surface area contributed by atoms with E-state index in [9.17, 15) is 13.6 Å². The number of halogens is 2. The van der Waals surface area contributed by atoms with Crippen LogP contribution < -0.4 is 11.1 Å².